The van der Waals surface area contributed by atoms with Crippen LogP contribution in [0.2, 0.25) is 0 Å². The van der Waals surface area contributed by atoms with Gasteiger partial charge in [-0.1, -0.05) is 12.1 Å². The molecule has 0 aliphatic rings. The van der Waals surface area contributed by atoms with E-state index in [1.54, 1.807) is 21.0 Å². The van der Waals surface area contributed by atoms with E-state index in [0.717, 1.165) is 11.3 Å². The Labute approximate surface area is 108 Å². The molecule has 1 rings (SSSR count). The quantitative estimate of drug-likeness (QED) is 0.788. The first-order valence-electron chi connectivity index (χ1n) is 6.15. The average Bonchev–Trinajstić information content (AvgIpc) is 2.39. The van der Waals surface area contributed by atoms with Crippen molar-refractivity contribution in [1.29, 1.82) is 0 Å². The molecule has 0 aromatic heterocycles. The van der Waals surface area contributed by atoms with E-state index in [4.69, 9.17) is 9.47 Å². The van der Waals surface area contributed by atoms with Gasteiger partial charge in [0.25, 0.3) is 0 Å². The van der Waals surface area contributed by atoms with E-state index < -0.39 is 0 Å². The molecule has 100 valence electrons. The lowest BCUT2D eigenvalue weighted by Gasteiger charge is -2.19. The number of hydrogen-bond donors (Lipinski definition) is 1. The van der Waals surface area contributed by atoms with Gasteiger partial charge in [0.15, 0.2) is 0 Å². The van der Waals surface area contributed by atoms with Crippen LogP contribution in [0, 0.1) is 0 Å². The van der Waals surface area contributed by atoms with Crippen LogP contribution < -0.4 is 10.1 Å². The number of nitrogens with one attached hydrogen (secondary N) is 1. The fourth-order valence-electron chi connectivity index (χ4n) is 1.70. The summed E-state index contributed by atoms with van der Waals surface area (Å²) in [5.41, 5.74) is 1.10. The molecule has 1 aromatic rings. The van der Waals surface area contributed by atoms with Gasteiger partial charge in [-0.05, 0) is 38.5 Å². The first kappa shape index (κ1) is 14.5. The molecule has 0 saturated heterocycles. The van der Waals surface area contributed by atoms with Crippen molar-refractivity contribution < 1.29 is 14.3 Å². The lowest BCUT2D eigenvalue weighted by molar-refractivity contribution is -0.145. The van der Waals surface area contributed by atoms with Gasteiger partial charge in [-0.2, -0.15) is 0 Å². The van der Waals surface area contributed by atoms with Gasteiger partial charge >= 0.3 is 5.97 Å². The lowest BCUT2D eigenvalue weighted by atomic mass is 10.1. The zero-order valence-electron chi connectivity index (χ0n) is 11.4. The molecule has 0 heterocycles. The van der Waals surface area contributed by atoms with E-state index in [2.05, 4.69) is 5.32 Å². The predicted molar refractivity (Wildman–Crippen MR) is 70.6 cm³/mol. The summed E-state index contributed by atoms with van der Waals surface area (Å²) in [6.07, 6.45) is 0. The molecular weight excluding hydrogens is 230 g/mol. The van der Waals surface area contributed by atoms with Crippen molar-refractivity contribution in [3.05, 3.63) is 29.8 Å². The smallest absolute Gasteiger partial charge is 0.322 e. The molecule has 4 heteroatoms. The number of carbonyl (C=O) groups is 1. The average molecular weight is 251 g/mol. The fourth-order valence-corrected chi connectivity index (χ4v) is 1.70. The number of carbonyl (C=O) groups excluding carboxylic acids is 1. The van der Waals surface area contributed by atoms with Crippen LogP contribution in [-0.2, 0) is 9.53 Å². The highest BCUT2D eigenvalue weighted by molar-refractivity contribution is 5.75. The van der Waals surface area contributed by atoms with Crippen LogP contribution in [0.5, 0.6) is 5.75 Å². The van der Waals surface area contributed by atoms with Crippen molar-refractivity contribution in [2.24, 2.45) is 0 Å². The lowest BCUT2D eigenvalue weighted by Crippen LogP contribution is -2.37. The minimum atomic E-state index is -0.318. The monoisotopic (exact) mass is 251 g/mol. The Kier molecular flexibility index (Phi) is 5.65. The molecule has 0 fully saturated rings. The second-order valence-corrected chi connectivity index (χ2v) is 4.14. The minimum Gasteiger partial charge on any atom is -0.497 e. The summed E-state index contributed by atoms with van der Waals surface area (Å²) in [7, 11) is 1.64. The first-order valence-corrected chi connectivity index (χ1v) is 6.15. The number of rotatable bonds is 6. The molecule has 0 spiro atoms. The SMILES string of the molecule is CCOC(=O)C(C)N[C@@H](C)c1ccc(OC)cc1. The molecule has 0 bridgehead atoms. The van der Waals surface area contributed by atoms with Crippen LogP contribution in [0.4, 0.5) is 0 Å². The maximum atomic E-state index is 11.5. The van der Waals surface area contributed by atoms with Gasteiger partial charge < -0.3 is 9.47 Å². The highest BCUT2D eigenvalue weighted by Crippen LogP contribution is 2.17. The summed E-state index contributed by atoms with van der Waals surface area (Å²) in [6.45, 7) is 6.02. The molecule has 0 aliphatic carbocycles. The Balaban J connectivity index is 2.58. The number of hydrogen-bond acceptors (Lipinski definition) is 4. The van der Waals surface area contributed by atoms with Crippen molar-refractivity contribution in [2.75, 3.05) is 13.7 Å². The summed E-state index contributed by atoms with van der Waals surface area (Å²) in [5.74, 6) is 0.599. The van der Waals surface area contributed by atoms with Crippen molar-refractivity contribution >= 4 is 5.97 Å². The Hall–Kier alpha value is -1.55. The van der Waals surface area contributed by atoms with Gasteiger partial charge in [-0.15, -0.1) is 0 Å². The van der Waals surface area contributed by atoms with Crippen LogP contribution >= 0.6 is 0 Å². The van der Waals surface area contributed by atoms with Crippen LogP contribution in [0.25, 0.3) is 0 Å². The largest absolute Gasteiger partial charge is 0.497 e. The number of benzene rings is 1. The second kappa shape index (κ2) is 7.01. The summed E-state index contributed by atoms with van der Waals surface area (Å²) < 4.78 is 10.1. The molecule has 1 N–H and O–H groups in total. The van der Waals surface area contributed by atoms with E-state index >= 15 is 0 Å². The molecule has 18 heavy (non-hydrogen) atoms. The molecule has 4 nitrogen and oxygen atoms in total. The van der Waals surface area contributed by atoms with E-state index in [-0.39, 0.29) is 18.1 Å². The maximum absolute atomic E-state index is 11.5. The minimum absolute atomic E-state index is 0.0790. The molecule has 1 aromatic carbocycles. The van der Waals surface area contributed by atoms with E-state index in [1.165, 1.54) is 0 Å². The van der Waals surface area contributed by atoms with E-state index in [0.29, 0.717) is 6.61 Å². The van der Waals surface area contributed by atoms with Crippen LogP contribution in [0.15, 0.2) is 24.3 Å². The zero-order chi connectivity index (χ0) is 13.5. The van der Waals surface area contributed by atoms with Crippen LogP contribution in [-0.4, -0.2) is 25.7 Å². The zero-order valence-corrected chi connectivity index (χ0v) is 11.4. The highest BCUT2D eigenvalue weighted by atomic mass is 16.5. The van der Waals surface area contributed by atoms with Gasteiger partial charge in [0.2, 0.25) is 0 Å². The molecule has 2 atom stereocenters. The maximum Gasteiger partial charge on any atom is 0.322 e. The van der Waals surface area contributed by atoms with Crippen LogP contribution in [0.1, 0.15) is 32.4 Å². The Morgan fingerprint density at radius 2 is 1.89 bits per heavy atom. The Bertz CT molecular complexity index is 375. The van der Waals surface area contributed by atoms with Gasteiger partial charge in [-0.3, -0.25) is 10.1 Å². The van der Waals surface area contributed by atoms with Crippen molar-refractivity contribution in [1.82, 2.24) is 5.32 Å². The third-order valence-corrected chi connectivity index (χ3v) is 2.76. The van der Waals surface area contributed by atoms with Crippen LogP contribution in [0.3, 0.4) is 0 Å². The summed E-state index contributed by atoms with van der Waals surface area (Å²) in [6, 6.07) is 7.53. The molecule has 0 amide bonds. The Morgan fingerprint density at radius 1 is 1.28 bits per heavy atom. The van der Waals surface area contributed by atoms with E-state index in [9.17, 15) is 4.79 Å². The summed E-state index contributed by atoms with van der Waals surface area (Å²) >= 11 is 0. The van der Waals surface area contributed by atoms with Gasteiger partial charge in [-0.25, -0.2) is 0 Å². The predicted octanol–water partition coefficient (Wildman–Crippen LogP) is 2.30. The van der Waals surface area contributed by atoms with Crippen molar-refractivity contribution in [2.45, 2.75) is 32.9 Å². The number of esters is 1. The topological polar surface area (TPSA) is 47.6 Å². The fraction of sp³-hybridized carbons (Fsp3) is 0.500. The highest BCUT2D eigenvalue weighted by Gasteiger charge is 2.16. The molecule has 0 saturated carbocycles. The van der Waals surface area contributed by atoms with Gasteiger partial charge in [0, 0.05) is 6.04 Å². The van der Waals surface area contributed by atoms with Crippen molar-refractivity contribution in [3.63, 3.8) is 0 Å². The summed E-state index contributed by atoms with van der Waals surface area (Å²) in [5, 5.41) is 3.20. The third-order valence-electron chi connectivity index (χ3n) is 2.76. The van der Waals surface area contributed by atoms with Crippen molar-refractivity contribution in [3.8, 4) is 5.75 Å². The standard InChI is InChI=1S/C14H21NO3/c1-5-18-14(16)11(3)15-10(2)12-6-8-13(17-4)9-7-12/h6-11,15H,5H2,1-4H3/t10-,11?/m0/s1. The first-order chi connectivity index (χ1) is 8.58. The molecule has 0 aliphatic heterocycles. The number of ether oxygens (including phenoxy) is 2. The summed E-state index contributed by atoms with van der Waals surface area (Å²) in [4.78, 5) is 11.5. The normalized spacial score (nSPS) is 13.8. The molecular formula is C14H21NO3. The second-order valence-electron chi connectivity index (χ2n) is 4.14. The third kappa shape index (κ3) is 4.04. The van der Waals surface area contributed by atoms with E-state index in [1.807, 2.05) is 31.2 Å². The van der Waals surface area contributed by atoms with Gasteiger partial charge in [0.1, 0.15) is 11.8 Å². The Morgan fingerprint density at radius 3 is 2.39 bits per heavy atom. The molecule has 1 unspecified atom stereocenters. The number of methoxy groups -OCH3 is 1. The van der Waals surface area contributed by atoms with Gasteiger partial charge in [0.05, 0.1) is 13.7 Å². The molecule has 0 radical (unpaired) electrons.